The van der Waals surface area contributed by atoms with Crippen LogP contribution in [0.15, 0.2) is 30.4 Å². The SMILES string of the molecule is O=C(O)/C=C/C(=O)c1cc(F)ccc1I. The number of carboxylic acids is 1. The summed E-state index contributed by atoms with van der Waals surface area (Å²) in [7, 11) is 0. The predicted octanol–water partition coefficient (Wildman–Crippen LogP) is 2.25. The molecule has 15 heavy (non-hydrogen) atoms. The average Bonchev–Trinajstić information content (AvgIpc) is 2.18. The van der Waals surface area contributed by atoms with Crippen LogP contribution in [-0.4, -0.2) is 16.9 Å². The summed E-state index contributed by atoms with van der Waals surface area (Å²) in [5, 5.41) is 8.32. The molecule has 0 saturated carbocycles. The zero-order valence-corrected chi connectivity index (χ0v) is 9.56. The van der Waals surface area contributed by atoms with E-state index in [9.17, 15) is 14.0 Å². The maximum Gasteiger partial charge on any atom is 0.328 e. The number of benzene rings is 1. The maximum absolute atomic E-state index is 12.8. The van der Waals surface area contributed by atoms with Crippen LogP contribution < -0.4 is 0 Å². The van der Waals surface area contributed by atoms with Crippen molar-refractivity contribution in [2.75, 3.05) is 0 Å². The van der Waals surface area contributed by atoms with E-state index in [1.54, 1.807) is 0 Å². The third-order valence-corrected chi connectivity index (χ3v) is 2.51. The van der Waals surface area contributed by atoms with Crippen LogP contribution in [0.3, 0.4) is 0 Å². The molecule has 0 aliphatic heterocycles. The second-order valence-electron chi connectivity index (χ2n) is 2.66. The fraction of sp³-hybridized carbons (Fsp3) is 0. The van der Waals surface area contributed by atoms with E-state index in [1.165, 1.54) is 12.1 Å². The van der Waals surface area contributed by atoms with Gasteiger partial charge in [-0.3, -0.25) is 4.79 Å². The van der Waals surface area contributed by atoms with E-state index < -0.39 is 17.6 Å². The van der Waals surface area contributed by atoms with E-state index in [2.05, 4.69) is 0 Å². The van der Waals surface area contributed by atoms with E-state index in [-0.39, 0.29) is 5.56 Å². The molecule has 5 heteroatoms. The molecule has 0 atom stereocenters. The van der Waals surface area contributed by atoms with Crippen molar-refractivity contribution in [1.82, 2.24) is 0 Å². The maximum atomic E-state index is 12.8. The van der Waals surface area contributed by atoms with Gasteiger partial charge in [0.05, 0.1) is 0 Å². The minimum Gasteiger partial charge on any atom is -0.478 e. The minimum atomic E-state index is -1.21. The van der Waals surface area contributed by atoms with Gasteiger partial charge in [-0.25, -0.2) is 9.18 Å². The molecule has 0 unspecified atom stereocenters. The lowest BCUT2D eigenvalue weighted by molar-refractivity contribution is -0.131. The third kappa shape index (κ3) is 3.43. The third-order valence-electron chi connectivity index (χ3n) is 1.57. The molecule has 1 aromatic rings. The van der Waals surface area contributed by atoms with Gasteiger partial charge in [0.25, 0.3) is 0 Å². The Balaban J connectivity index is 3.01. The summed E-state index contributed by atoms with van der Waals surface area (Å²) in [6.07, 6.45) is 1.63. The number of hydrogen-bond acceptors (Lipinski definition) is 2. The van der Waals surface area contributed by atoms with Gasteiger partial charge in [-0.05, 0) is 46.9 Å². The number of carbonyl (C=O) groups is 2. The van der Waals surface area contributed by atoms with Crippen molar-refractivity contribution in [2.24, 2.45) is 0 Å². The van der Waals surface area contributed by atoms with E-state index in [4.69, 9.17) is 5.11 Å². The minimum absolute atomic E-state index is 0.160. The fourth-order valence-corrected chi connectivity index (χ4v) is 1.52. The van der Waals surface area contributed by atoms with Crippen molar-refractivity contribution in [3.05, 3.63) is 45.3 Å². The first-order valence-electron chi connectivity index (χ1n) is 3.91. The zero-order chi connectivity index (χ0) is 11.4. The molecule has 3 nitrogen and oxygen atoms in total. The van der Waals surface area contributed by atoms with Crippen molar-refractivity contribution >= 4 is 34.3 Å². The molecular formula is C10H6FIO3. The highest BCUT2D eigenvalue weighted by atomic mass is 127. The fourth-order valence-electron chi connectivity index (χ4n) is 0.923. The molecule has 1 rings (SSSR count). The number of aliphatic carboxylic acids is 1. The smallest absolute Gasteiger partial charge is 0.328 e. The molecular weight excluding hydrogens is 314 g/mol. The number of ketones is 1. The van der Waals surface area contributed by atoms with Gasteiger partial charge < -0.3 is 5.11 Å². The van der Waals surface area contributed by atoms with Gasteiger partial charge in [-0.15, -0.1) is 0 Å². The largest absolute Gasteiger partial charge is 0.478 e. The van der Waals surface area contributed by atoms with E-state index >= 15 is 0 Å². The molecule has 0 aliphatic carbocycles. The summed E-state index contributed by atoms with van der Waals surface area (Å²) in [6.45, 7) is 0. The van der Waals surface area contributed by atoms with Gasteiger partial charge in [0.15, 0.2) is 5.78 Å². The van der Waals surface area contributed by atoms with Gasteiger partial charge in [-0.2, -0.15) is 0 Å². The number of halogens is 2. The summed E-state index contributed by atoms with van der Waals surface area (Å²) in [5.41, 5.74) is 0.160. The normalized spacial score (nSPS) is 10.5. The standard InChI is InChI=1S/C10H6FIO3/c11-6-1-2-8(12)7(5-6)9(13)3-4-10(14)15/h1-5H,(H,14,15)/b4-3+. The highest BCUT2D eigenvalue weighted by Gasteiger charge is 2.08. The Hall–Kier alpha value is -1.24. The van der Waals surface area contributed by atoms with Crippen molar-refractivity contribution in [1.29, 1.82) is 0 Å². The molecule has 0 fully saturated rings. The number of hydrogen-bond donors (Lipinski definition) is 1. The Labute approximate surface area is 98.7 Å². The monoisotopic (exact) mass is 320 g/mol. The average molecular weight is 320 g/mol. The summed E-state index contributed by atoms with van der Waals surface area (Å²) in [6, 6.07) is 3.77. The van der Waals surface area contributed by atoms with Gasteiger partial charge in [0, 0.05) is 15.2 Å². The molecule has 0 amide bonds. The van der Waals surface area contributed by atoms with Crippen LogP contribution >= 0.6 is 22.6 Å². The van der Waals surface area contributed by atoms with Crippen LogP contribution in [0.1, 0.15) is 10.4 Å². The lowest BCUT2D eigenvalue weighted by Crippen LogP contribution is -2.00. The van der Waals surface area contributed by atoms with Crippen LogP contribution in [0, 0.1) is 9.39 Å². The van der Waals surface area contributed by atoms with E-state index in [1.807, 2.05) is 22.6 Å². The topological polar surface area (TPSA) is 54.4 Å². The van der Waals surface area contributed by atoms with Gasteiger partial charge >= 0.3 is 5.97 Å². The Morgan fingerprint density at radius 3 is 2.60 bits per heavy atom. The lowest BCUT2D eigenvalue weighted by atomic mass is 10.1. The van der Waals surface area contributed by atoms with Crippen LogP contribution in [0.25, 0.3) is 0 Å². The number of allylic oxidation sites excluding steroid dienone is 1. The second-order valence-corrected chi connectivity index (χ2v) is 3.82. The summed E-state index contributed by atoms with van der Waals surface area (Å²) in [5.74, 6) is -2.27. The van der Waals surface area contributed by atoms with E-state index in [0.29, 0.717) is 3.57 Å². The Kier molecular flexibility index (Phi) is 3.96. The number of rotatable bonds is 3. The molecule has 0 aliphatic rings. The number of carboxylic acid groups (broad SMARTS) is 1. The molecule has 1 N–H and O–H groups in total. The Morgan fingerprint density at radius 2 is 2.00 bits per heavy atom. The summed E-state index contributed by atoms with van der Waals surface area (Å²) in [4.78, 5) is 21.6. The molecule has 78 valence electrons. The van der Waals surface area contributed by atoms with Crippen LogP contribution in [0.4, 0.5) is 4.39 Å². The Bertz CT molecular complexity index is 440. The molecule has 1 aromatic carbocycles. The molecule has 0 aromatic heterocycles. The van der Waals surface area contributed by atoms with E-state index in [0.717, 1.165) is 18.2 Å². The highest BCUT2D eigenvalue weighted by molar-refractivity contribution is 14.1. The Morgan fingerprint density at radius 1 is 1.33 bits per heavy atom. The molecule has 0 bridgehead atoms. The lowest BCUT2D eigenvalue weighted by Gasteiger charge is -1.99. The second kappa shape index (κ2) is 5.01. The first kappa shape index (κ1) is 11.8. The van der Waals surface area contributed by atoms with Crippen molar-refractivity contribution in [3.63, 3.8) is 0 Å². The van der Waals surface area contributed by atoms with Gasteiger partial charge in [-0.1, -0.05) is 0 Å². The van der Waals surface area contributed by atoms with Crippen LogP contribution in [0.5, 0.6) is 0 Å². The first-order valence-corrected chi connectivity index (χ1v) is 4.99. The highest BCUT2D eigenvalue weighted by Crippen LogP contribution is 2.14. The van der Waals surface area contributed by atoms with Gasteiger partial charge in [0.2, 0.25) is 0 Å². The van der Waals surface area contributed by atoms with Crippen molar-refractivity contribution in [3.8, 4) is 0 Å². The van der Waals surface area contributed by atoms with Crippen molar-refractivity contribution < 1.29 is 19.1 Å². The van der Waals surface area contributed by atoms with Crippen LogP contribution in [-0.2, 0) is 4.79 Å². The quantitative estimate of drug-likeness (QED) is 0.528. The first-order chi connectivity index (χ1) is 7.00. The summed E-state index contributed by atoms with van der Waals surface area (Å²) >= 11 is 1.88. The zero-order valence-electron chi connectivity index (χ0n) is 7.41. The molecule has 0 heterocycles. The summed E-state index contributed by atoms with van der Waals surface area (Å²) < 4.78 is 13.4. The number of carbonyl (C=O) groups excluding carboxylic acids is 1. The molecule has 0 radical (unpaired) electrons. The molecule has 0 saturated heterocycles. The molecule has 0 spiro atoms. The predicted molar refractivity (Wildman–Crippen MR) is 60.2 cm³/mol. The van der Waals surface area contributed by atoms with Crippen LogP contribution in [0.2, 0.25) is 0 Å². The van der Waals surface area contributed by atoms with Gasteiger partial charge in [0.1, 0.15) is 5.82 Å². The van der Waals surface area contributed by atoms with Crippen molar-refractivity contribution in [2.45, 2.75) is 0 Å².